The molecule has 1 atom stereocenters. The van der Waals surface area contributed by atoms with Crippen molar-refractivity contribution >= 4 is 5.97 Å². The van der Waals surface area contributed by atoms with Gasteiger partial charge in [0.05, 0.1) is 0 Å². The SMILES string of the molecule is CC(C(=O)O)C(F)F. The molecule has 0 heterocycles. The van der Waals surface area contributed by atoms with E-state index >= 15 is 0 Å². The quantitative estimate of drug-likeness (QED) is 0.595. The molecule has 0 aliphatic rings. The van der Waals surface area contributed by atoms with Crippen molar-refractivity contribution in [2.75, 3.05) is 0 Å². The molecule has 4 heteroatoms. The lowest BCUT2D eigenvalue weighted by Gasteiger charge is -2.00. The molecule has 0 aliphatic heterocycles. The Balaban J connectivity index is 3.64. The largest absolute Gasteiger partial charge is 0.481 e. The molecule has 0 spiro atoms. The molecule has 8 heavy (non-hydrogen) atoms. The smallest absolute Gasteiger partial charge is 0.312 e. The number of carbonyl (C=O) groups is 1. The lowest BCUT2D eigenvalue weighted by Crippen LogP contribution is -2.17. The maximum atomic E-state index is 11.3. The van der Waals surface area contributed by atoms with Crippen LogP contribution in [0.15, 0.2) is 0 Å². The second-order valence-corrected chi connectivity index (χ2v) is 1.46. The maximum absolute atomic E-state index is 11.3. The molecule has 0 rings (SSSR count). The molecule has 0 saturated heterocycles. The van der Waals surface area contributed by atoms with E-state index in [1.54, 1.807) is 0 Å². The molecule has 0 aliphatic carbocycles. The van der Waals surface area contributed by atoms with Crippen LogP contribution in [0.1, 0.15) is 6.92 Å². The summed E-state index contributed by atoms with van der Waals surface area (Å²) in [7, 11) is 0. The first-order chi connectivity index (χ1) is 3.55. The molecule has 0 aromatic heterocycles. The molecule has 1 unspecified atom stereocenters. The van der Waals surface area contributed by atoms with E-state index in [0.29, 0.717) is 0 Å². The van der Waals surface area contributed by atoms with Crippen molar-refractivity contribution in [1.29, 1.82) is 0 Å². The standard InChI is InChI=1S/C4H6F2O2/c1-2(3(5)6)4(7)8/h2-3H,1H3,(H,7,8). The average molecular weight is 124 g/mol. The summed E-state index contributed by atoms with van der Waals surface area (Å²) in [5, 5.41) is 7.87. The number of carboxylic acids is 1. The van der Waals surface area contributed by atoms with E-state index in [4.69, 9.17) is 5.11 Å². The van der Waals surface area contributed by atoms with Gasteiger partial charge in [-0.15, -0.1) is 0 Å². The van der Waals surface area contributed by atoms with Crippen LogP contribution in [0.4, 0.5) is 8.78 Å². The average Bonchev–Trinajstić information content (AvgIpc) is 1.64. The minimum absolute atomic E-state index is 0.965. The minimum atomic E-state index is -2.76. The number of hydrogen-bond donors (Lipinski definition) is 1. The van der Waals surface area contributed by atoms with Gasteiger partial charge < -0.3 is 5.11 Å². The summed E-state index contributed by atoms with van der Waals surface area (Å²) < 4.78 is 22.6. The Labute approximate surface area is 45.1 Å². The van der Waals surface area contributed by atoms with Crippen LogP contribution in [0.25, 0.3) is 0 Å². The lowest BCUT2D eigenvalue weighted by molar-refractivity contribution is -0.145. The van der Waals surface area contributed by atoms with Gasteiger partial charge in [0.1, 0.15) is 5.92 Å². The Hall–Kier alpha value is -0.670. The fourth-order valence-electron chi connectivity index (χ4n) is 0.108. The predicted molar refractivity (Wildman–Crippen MR) is 22.8 cm³/mol. The van der Waals surface area contributed by atoms with Crippen molar-refractivity contribution in [3.63, 3.8) is 0 Å². The topological polar surface area (TPSA) is 37.3 Å². The van der Waals surface area contributed by atoms with E-state index in [1.165, 1.54) is 0 Å². The summed E-state index contributed by atoms with van der Waals surface area (Å²) in [6.07, 6.45) is -2.76. The van der Waals surface area contributed by atoms with Gasteiger partial charge in [-0.3, -0.25) is 4.79 Å². The predicted octanol–water partition coefficient (Wildman–Crippen LogP) is 0.972. The highest BCUT2D eigenvalue weighted by Crippen LogP contribution is 2.07. The van der Waals surface area contributed by atoms with E-state index in [2.05, 4.69) is 0 Å². The second kappa shape index (κ2) is 2.59. The highest BCUT2D eigenvalue weighted by atomic mass is 19.3. The number of alkyl halides is 2. The normalized spacial score (nSPS) is 14.0. The van der Waals surface area contributed by atoms with Crippen molar-refractivity contribution < 1.29 is 18.7 Å². The highest BCUT2D eigenvalue weighted by molar-refractivity contribution is 5.69. The van der Waals surface area contributed by atoms with Gasteiger partial charge in [-0.1, -0.05) is 0 Å². The Morgan fingerprint density at radius 1 is 1.62 bits per heavy atom. The van der Waals surface area contributed by atoms with E-state index in [0.717, 1.165) is 6.92 Å². The van der Waals surface area contributed by atoms with Crippen LogP contribution in [0.2, 0.25) is 0 Å². The van der Waals surface area contributed by atoms with Crippen molar-refractivity contribution in [1.82, 2.24) is 0 Å². The van der Waals surface area contributed by atoms with Gasteiger partial charge in [0.2, 0.25) is 0 Å². The molecule has 48 valence electrons. The fraction of sp³-hybridized carbons (Fsp3) is 0.750. The van der Waals surface area contributed by atoms with E-state index in [9.17, 15) is 13.6 Å². The van der Waals surface area contributed by atoms with E-state index in [1.807, 2.05) is 0 Å². The minimum Gasteiger partial charge on any atom is -0.481 e. The number of rotatable bonds is 2. The summed E-state index contributed by atoms with van der Waals surface area (Å²) in [6, 6.07) is 0. The van der Waals surface area contributed by atoms with Crippen molar-refractivity contribution in [2.45, 2.75) is 13.3 Å². The van der Waals surface area contributed by atoms with Crippen molar-refractivity contribution in [2.24, 2.45) is 5.92 Å². The Morgan fingerprint density at radius 3 is 2.00 bits per heavy atom. The number of halogens is 2. The second-order valence-electron chi connectivity index (χ2n) is 1.46. The van der Waals surface area contributed by atoms with Gasteiger partial charge in [-0.2, -0.15) is 0 Å². The fourth-order valence-corrected chi connectivity index (χ4v) is 0.108. The molecule has 0 aromatic carbocycles. The molecular weight excluding hydrogens is 118 g/mol. The molecule has 0 aromatic rings. The van der Waals surface area contributed by atoms with Gasteiger partial charge >= 0.3 is 5.97 Å². The van der Waals surface area contributed by atoms with Gasteiger partial charge in [0.25, 0.3) is 6.43 Å². The number of carboxylic acid groups (broad SMARTS) is 1. The van der Waals surface area contributed by atoms with E-state index in [-0.39, 0.29) is 0 Å². The first kappa shape index (κ1) is 7.33. The summed E-state index contributed by atoms with van der Waals surface area (Å²) >= 11 is 0. The summed E-state index contributed by atoms with van der Waals surface area (Å²) in [5.74, 6) is -3.00. The van der Waals surface area contributed by atoms with Crippen LogP contribution < -0.4 is 0 Å². The van der Waals surface area contributed by atoms with Gasteiger partial charge in [0, 0.05) is 0 Å². The zero-order chi connectivity index (χ0) is 6.73. The van der Waals surface area contributed by atoms with Gasteiger partial charge in [-0.05, 0) is 6.92 Å². The number of aliphatic carboxylic acids is 1. The monoisotopic (exact) mass is 124 g/mol. The van der Waals surface area contributed by atoms with Crippen molar-refractivity contribution in [3.8, 4) is 0 Å². The maximum Gasteiger partial charge on any atom is 0.312 e. The third-order valence-electron chi connectivity index (χ3n) is 0.767. The molecular formula is C4H6F2O2. The molecule has 0 radical (unpaired) electrons. The molecule has 0 fully saturated rings. The Morgan fingerprint density at radius 2 is 2.00 bits per heavy atom. The van der Waals surface area contributed by atoms with Crippen LogP contribution in [0.3, 0.4) is 0 Å². The first-order valence-corrected chi connectivity index (χ1v) is 2.06. The molecule has 2 nitrogen and oxygen atoms in total. The molecule has 1 N–H and O–H groups in total. The van der Waals surface area contributed by atoms with Crippen LogP contribution in [-0.4, -0.2) is 17.5 Å². The van der Waals surface area contributed by atoms with Crippen LogP contribution in [-0.2, 0) is 4.79 Å². The van der Waals surface area contributed by atoms with Crippen LogP contribution >= 0.6 is 0 Å². The van der Waals surface area contributed by atoms with Crippen LogP contribution in [0.5, 0.6) is 0 Å². The Bertz CT molecular complexity index is 92.0. The molecule has 0 amide bonds. The molecule has 0 saturated carbocycles. The Kier molecular flexibility index (Phi) is 2.37. The van der Waals surface area contributed by atoms with Crippen molar-refractivity contribution in [3.05, 3.63) is 0 Å². The summed E-state index contributed by atoms with van der Waals surface area (Å²) in [4.78, 5) is 9.66. The zero-order valence-corrected chi connectivity index (χ0v) is 4.27. The van der Waals surface area contributed by atoms with Gasteiger partial charge in [-0.25, -0.2) is 8.78 Å². The summed E-state index contributed by atoms with van der Waals surface area (Å²) in [6.45, 7) is 0.965. The first-order valence-electron chi connectivity index (χ1n) is 2.06. The lowest BCUT2D eigenvalue weighted by atomic mass is 10.2. The third-order valence-corrected chi connectivity index (χ3v) is 0.767. The summed E-state index contributed by atoms with van der Waals surface area (Å²) in [5.41, 5.74) is 0. The zero-order valence-electron chi connectivity index (χ0n) is 4.27. The highest BCUT2D eigenvalue weighted by Gasteiger charge is 2.21. The number of hydrogen-bond acceptors (Lipinski definition) is 1. The van der Waals surface area contributed by atoms with E-state index < -0.39 is 18.3 Å². The van der Waals surface area contributed by atoms with Crippen LogP contribution in [0, 0.1) is 5.92 Å². The molecule has 0 bridgehead atoms. The van der Waals surface area contributed by atoms with Gasteiger partial charge in [0.15, 0.2) is 0 Å². The third kappa shape index (κ3) is 1.86.